The van der Waals surface area contributed by atoms with Crippen LogP contribution in [0.25, 0.3) is 0 Å². The highest BCUT2D eigenvalue weighted by Gasteiger charge is 2.30. The van der Waals surface area contributed by atoms with Crippen LogP contribution in [0, 0.1) is 0 Å². The summed E-state index contributed by atoms with van der Waals surface area (Å²) >= 11 is 0. The van der Waals surface area contributed by atoms with Gasteiger partial charge in [-0.3, -0.25) is 14.5 Å². The van der Waals surface area contributed by atoms with Crippen LogP contribution in [0.4, 0.5) is 0 Å². The lowest BCUT2D eigenvalue weighted by Gasteiger charge is -2.37. The minimum absolute atomic E-state index is 0.0150. The van der Waals surface area contributed by atoms with Crippen LogP contribution in [-0.2, 0) is 9.59 Å². The van der Waals surface area contributed by atoms with Gasteiger partial charge in [-0.25, -0.2) is 0 Å². The van der Waals surface area contributed by atoms with Crippen molar-refractivity contribution in [1.29, 1.82) is 0 Å². The van der Waals surface area contributed by atoms with Crippen molar-refractivity contribution >= 4 is 11.8 Å². The summed E-state index contributed by atoms with van der Waals surface area (Å²) in [6.07, 6.45) is 1.65. The van der Waals surface area contributed by atoms with Crippen LogP contribution in [0.15, 0.2) is 12.7 Å². The second kappa shape index (κ2) is 6.68. The highest BCUT2D eigenvalue weighted by molar-refractivity contribution is 5.85. The van der Waals surface area contributed by atoms with Gasteiger partial charge in [0, 0.05) is 32.7 Å². The van der Waals surface area contributed by atoms with Gasteiger partial charge in [0.25, 0.3) is 0 Å². The zero-order chi connectivity index (χ0) is 14.5. The molecule has 1 saturated heterocycles. The average molecular weight is 268 g/mol. The summed E-state index contributed by atoms with van der Waals surface area (Å²) in [5.41, 5.74) is 4.97. The van der Waals surface area contributed by atoms with E-state index in [-0.39, 0.29) is 11.8 Å². The van der Waals surface area contributed by atoms with E-state index in [1.165, 1.54) is 0 Å². The van der Waals surface area contributed by atoms with Crippen molar-refractivity contribution in [3.05, 3.63) is 12.7 Å². The third kappa shape index (κ3) is 5.00. The summed E-state index contributed by atoms with van der Waals surface area (Å²) < 4.78 is 0. The summed E-state index contributed by atoms with van der Waals surface area (Å²) in [6.45, 7) is 10.5. The Bertz CT molecular complexity index is 341. The van der Waals surface area contributed by atoms with Gasteiger partial charge in [0.15, 0.2) is 0 Å². The molecule has 0 bridgehead atoms. The number of carbonyl (C=O) groups excluding carboxylic acids is 2. The quantitative estimate of drug-likeness (QED) is 0.638. The third-order valence-electron chi connectivity index (χ3n) is 3.02. The Labute approximate surface area is 114 Å². The number of nitrogens with two attached hydrogens (primary N) is 1. The molecule has 0 aromatic heterocycles. The Hall–Kier alpha value is -1.40. The van der Waals surface area contributed by atoms with Gasteiger partial charge < -0.3 is 16.0 Å². The van der Waals surface area contributed by atoms with E-state index < -0.39 is 5.54 Å². The lowest BCUT2D eigenvalue weighted by Crippen LogP contribution is -2.57. The molecular weight excluding hydrogens is 244 g/mol. The molecule has 0 aromatic carbocycles. The number of piperazine rings is 1. The molecule has 0 saturated carbocycles. The number of hydrogen-bond acceptors (Lipinski definition) is 4. The zero-order valence-corrected chi connectivity index (χ0v) is 11.8. The van der Waals surface area contributed by atoms with Crippen LogP contribution < -0.4 is 11.1 Å². The van der Waals surface area contributed by atoms with E-state index in [2.05, 4.69) is 11.9 Å². The van der Waals surface area contributed by atoms with E-state index in [0.717, 1.165) is 0 Å². The maximum atomic E-state index is 12.0. The molecule has 1 rings (SSSR count). The fourth-order valence-corrected chi connectivity index (χ4v) is 1.96. The molecule has 2 amide bonds. The molecule has 0 aromatic rings. The van der Waals surface area contributed by atoms with Gasteiger partial charge in [0.05, 0.1) is 12.1 Å². The van der Waals surface area contributed by atoms with Gasteiger partial charge in [0.1, 0.15) is 0 Å². The smallest absolute Gasteiger partial charge is 0.242 e. The summed E-state index contributed by atoms with van der Waals surface area (Å²) in [5.74, 6) is -0.0536. The topological polar surface area (TPSA) is 78.7 Å². The van der Waals surface area contributed by atoms with Gasteiger partial charge in [-0.15, -0.1) is 6.58 Å². The number of nitrogens with zero attached hydrogens (tertiary/aromatic N) is 2. The number of carbonyl (C=O) groups is 2. The Morgan fingerprint density at radius 2 is 1.89 bits per heavy atom. The predicted octanol–water partition coefficient (Wildman–Crippen LogP) is -0.830. The molecule has 0 spiro atoms. The molecule has 1 heterocycles. The number of nitrogens with one attached hydrogen (secondary N) is 1. The molecule has 0 radical (unpaired) electrons. The summed E-state index contributed by atoms with van der Waals surface area (Å²) in [6, 6.07) is 0. The molecule has 1 fully saturated rings. The van der Waals surface area contributed by atoms with Crippen molar-refractivity contribution in [3.63, 3.8) is 0 Å². The molecule has 108 valence electrons. The molecule has 1 aliphatic rings. The monoisotopic (exact) mass is 268 g/mol. The van der Waals surface area contributed by atoms with Crippen LogP contribution in [0.1, 0.15) is 13.8 Å². The second-order valence-corrected chi connectivity index (χ2v) is 5.38. The standard InChI is InChI=1S/C13H24N4O2/c1-4-5-15-11(18)10-16-6-8-17(9-7-16)12(19)13(2,3)14/h4H,1,5-10,14H2,2-3H3,(H,15,18). The van der Waals surface area contributed by atoms with E-state index >= 15 is 0 Å². The highest BCUT2D eigenvalue weighted by atomic mass is 16.2. The maximum Gasteiger partial charge on any atom is 0.242 e. The van der Waals surface area contributed by atoms with Gasteiger partial charge in [-0.05, 0) is 13.8 Å². The maximum absolute atomic E-state index is 12.0. The van der Waals surface area contributed by atoms with Gasteiger partial charge >= 0.3 is 0 Å². The molecule has 19 heavy (non-hydrogen) atoms. The lowest BCUT2D eigenvalue weighted by atomic mass is 10.0. The summed E-state index contributed by atoms with van der Waals surface area (Å²) in [4.78, 5) is 27.3. The van der Waals surface area contributed by atoms with E-state index in [1.54, 1.807) is 24.8 Å². The summed E-state index contributed by atoms with van der Waals surface area (Å²) in [5, 5.41) is 2.74. The molecule has 0 atom stereocenters. The van der Waals surface area contributed by atoms with Crippen molar-refractivity contribution in [3.8, 4) is 0 Å². The summed E-state index contributed by atoms with van der Waals surface area (Å²) in [7, 11) is 0. The lowest BCUT2D eigenvalue weighted by molar-refractivity contribution is -0.137. The zero-order valence-electron chi connectivity index (χ0n) is 11.8. The number of rotatable bonds is 5. The van der Waals surface area contributed by atoms with Crippen molar-refractivity contribution in [2.45, 2.75) is 19.4 Å². The molecule has 1 aliphatic heterocycles. The van der Waals surface area contributed by atoms with E-state index in [1.807, 2.05) is 4.90 Å². The first-order valence-corrected chi connectivity index (χ1v) is 6.53. The fraction of sp³-hybridized carbons (Fsp3) is 0.692. The van der Waals surface area contributed by atoms with Crippen molar-refractivity contribution in [1.82, 2.24) is 15.1 Å². The minimum Gasteiger partial charge on any atom is -0.352 e. The van der Waals surface area contributed by atoms with Crippen LogP contribution in [0.2, 0.25) is 0 Å². The fourth-order valence-electron chi connectivity index (χ4n) is 1.96. The predicted molar refractivity (Wildman–Crippen MR) is 74.5 cm³/mol. The molecular formula is C13H24N4O2. The molecule has 6 nitrogen and oxygen atoms in total. The molecule has 6 heteroatoms. The first-order valence-electron chi connectivity index (χ1n) is 6.53. The molecule has 3 N–H and O–H groups in total. The Morgan fingerprint density at radius 3 is 2.37 bits per heavy atom. The van der Waals surface area contributed by atoms with Crippen LogP contribution >= 0.6 is 0 Å². The van der Waals surface area contributed by atoms with Gasteiger partial charge in [0.2, 0.25) is 11.8 Å². The van der Waals surface area contributed by atoms with Crippen LogP contribution in [0.3, 0.4) is 0 Å². The van der Waals surface area contributed by atoms with Crippen LogP contribution in [-0.4, -0.2) is 66.4 Å². The first-order chi connectivity index (χ1) is 8.84. The van der Waals surface area contributed by atoms with E-state index in [0.29, 0.717) is 39.3 Å². The van der Waals surface area contributed by atoms with Crippen molar-refractivity contribution < 1.29 is 9.59 Å². The van der Waals surface area contributed by atoms with Gasteiger partial charge in [-0.1, -0.05) is 6.08 Å². The largest absolute Gasteiger partial charge is 0.352 e. The third-order valence-corrected chi connectivity index (χ3v) is 3.02. The van der Waals surface area contributed by atoms with Crippen LogP contribution in [0.5, 0.6) is 0 Å². The second-order valence-electron chi connectivity index (χ2n) is 5.38. The SMILES string of the molecule is C=CCNC(=O)CN1CCN(C(=O)C(C)(C)N)CC1. The number of hydrogen-bond donors (Lipinski definition) is 2. The first kappa shape index (κ1) is 15.7. The molecule has 0 unspecified atom stereocenters. The number of amides is 2. The Kier molecular flexibility index (Phi) is 5.50. The van der Waals surface area contributed by atoms with Gasteiger partial charge in [-0.2, -0.15) is 0 Å². The van der Waals surface area contributed by atoms with Crippen molar-refractivity contribution in [2.24, 2.45) is 5.73 Å². The highest BCUT2D eigenvalue weighted by Crippen LogP contribution is 2.08. The average Bonchev–Trinajstić information content (AvgIpc) is 2.35. The van der Waals surface area contributed by atoms with Crippen molar-refractivity contribution in [2.75, 3.05) is 39.3 Å². The normalized spacial score (nSPS) is 17.1. The molecule has 0 aliphatic carbocycles. The Balaban J connectivity index is 2.35. The van der Waals surface area contributed by atoms with E-state index in [9.17, 15) is 9.59 Å². The van der Waals surface area contributed by atoms with E-state index in [4.69, 9.17) is 5.73 Å². The Morgan fingerprint density at radius 1 is 1.32 bits per heavy atom. The minimum atomic E-state index is -0.830.